The number of hydrogen-bond acceptors (Lipinski definition) is 8. The number of rotatable bonds is 6. The molecule has 4 aromatic heterocycles. The molecule has 0 N–H and O–H groups in total. The van der Waals surface area contributed by atoms with Crippen LogP contribution in [0.1, 0.15) is 22.7 Å². The molecule has 212 valence electrons. The van der Waals surface area contributed by atoms with Crippen LogP contribution in [0.3, 0.4) is 0 Å². The van der Waals surface area contributed by atoms with E-state index in [9.17, 15) is 10.1 Å². The molecule has 0 saturated carbocycles. The van der Waals surface area contributed by atoms with Gasteiger partial charge in [-0.15, -0.1) is 0 Å². The summed E-state index contributed by atoms with van der Waals surface area (Å²) in [6.07, 6.45) is 8.78. The highest BCUT2D eigenvalue weighted by Gasteiger charge is 2.30. The molecular formula is C31H32N10O. The van der Waals surface area contributed by atoms with Crippen molar-refractivity contribution in [1.82, 2.24) is 39.2 Å². The normalized spacial score (nSPS) is 14.4. The van der Waals surface area contributed by atoms with Crippen LogP contribution in [-0.4, -0.2) is 85.3 Å². The van der Waals surface area contributed by atoms with E-state index in [-0.39, 0.29) is 11.9 Å². The Morgan fingerprint density at radius 3 is 2.45 bits per heavy atom. The minimum atomic E-state index is -0.317. The molecule has 0 radical (unpaired) electrons. The lowest BCUT2D eigenvalue weighted by atomic mass is 10.0. The predicted octanol–water partition coefficient (Wildman–Crippen LogP) is 3.32. The molecular weight excluding hydrogens is 528 g/mol. The molecule has 0 bridgehead atoms. The standard InChI is InChI=1S/C31H32N10O/c1-21-6-5-7-22(14-21)30(37(2)3)31(42)40-12-10-39(11-13-40)27-9-8-23(16-33-27)28-29-24(15-32)17-35-41(29)20-26(36-28)25-18-34-38(4)19-25/h5-9,14,16-20,30H,10-13H2,1-4H3/t30-/m0/s1. The van der Waals surface area contributed by atoms with Gasteiger partial charge in [0.25, 0.3) is 0 Å². The molecule has 11 nitrogen and oxygen atoms in total. The fourth-order valence-electron chi connectivity index (χ4n) is 5.53. The van der Waals surface area contributed by atoms with Crippen LogP contribution in [0.4, 0.5) is 5.82 Å². The first-order chi connectivity index (χ1) is 20.3. The van der Waals surface area contributed by atoms with Gasteiger partial charge in [0.2, 0.25) is 5.91 Å². The lowest BCUT2D eigenvalue weighted by molar-refractivity contribution is -0.136. The van der Waals surface area contributed by atoms with E-state index in [4.69, 9.17) is 9.97 Å². The maximum absolute atomic E-state index is 13.6. The number of nitriles is 1. The highest BCUT2D eigenvalue weighted by Crippen LogP contribution is 2.30. The van der Waals surface area contributed by atoms with Crippen LogP contribution >= 0.6 is 0 Å². The Balaban J connectivity index is 1.21. The molecule has 1 saturated heterocycles. The summed E-state index contributed by atoms with van der Waals surface area (Å²) in [4.78, 5) is 29.4. The SMILES string of the molecule is Cc1cccc([C@@H](C(=O)N2CCN(c3ccc(-c4nc(-c5cnn(C)c5)cn5ncc(C#N)c45)cn3)CC2)N(C)C)c1. The molecule has 11 heteroatoms. The van der Waals surface area contributed by atoms with E-state index in [0.717, 1.165) is 28.1 Å². The summed E-state index contributed by atoms with van der Waals surface area (Å²) in [5.74, 6) is 0.952. The maximum Gasteiger partial charge on any atom is 0.244 e. The van der Waals surface area contributed by atoms with Gasteiger partial charge in [-0.3, -0.25) is 14.4 Å². The molecule has 1 fully saturated rings. The number of anilines is 1. The zero-order valence-electron chi connectivity index (χ0n) is 24.1. The molecule has 6 rings (SSSR count). The molecule has 1 aliphatic rings. The summed E-state index contributed by atoms with van der Waals surface area (Å²) in [6.45, 7) is 4.66. The lowest BCUT2D eigenvalue weighted by Crippen LogP contribution is -2.51. The second-order valence-corrected chi connectivity index (χ2v) is 10.8. The van der Waals surface area contributed by atoms with Crippen LogP contribution in [0.5, 0.6) is 0 Å². The Labute approximate surface area is 244 Å². The highest BCUT2D eigenvalue weighted by molar-refractivity contribution is 5.84. The third-order valence-electron chi connectivity index (χ3n) is 7.66. The number of amides is 1. The van der Waals surface area contributed by atoms with E-state index in [1.165, 1.54) is 0 Å². The van der Waals surface area contributed by atoms with Gasteiger partial charge in [0.15, 0.2) is 0 Å². The number of fused-ring (bicyclic) bond motifs is 1. The maximum atomic E-state index is 13.6. The molecule has 5 aromatic rings. The Morgan fingerprint density at radius 1 is 1.00 bits per heavy atom. The van der Waals surface area contributed by atoms with Gasteiger partial charge in [-0.2, -0.15) is 15.5 Å². The topological polar surface area (TPSA) is 111 Å². The van der Waals surface area contributed by atoms with Crippen molar-refractivity contribution in [3.63, 3.8) is 0 Å². The van der Waals surface area contributed by atoms with Crippen LogP contribution in [-0.2, 0) is 11.8 Å². The zero-order chi connectivity index (χ0) is 29.4. The summed E-state index contributed by atoms with van der Waals surface area (Å²) in [7, 11) is 5.75. The number of pyridine rings is 1. The van der Waals surface area contributed by atoms with Gasteiger partial charge in [-0.05, 0) is 38.7 Å². The van der Waals surface area contributed by atoms with Crippen LogP contribution in [0, 0.1) is 18.3 Å². The Kier molecular flexibility index (Phi) is 7.14. The number of carbonyl (C=O) groups is 1. The first kappa shape index (κ1) is 27.1. The third-order valence-corrected chi connectivity index (χ3v) is 7.66. The number of aromatic nitrogens is 6. The molecule has 42 heavy (non-hydrogen) atoms. The summed E-state index contributed by atoms with van der Waals surface area (Å²) in [6, 6.07) is 14.0. The minimum Gasteiger partial charge on any atom is -0.353 e. The quantitative estimate of drug-likeness (QED) is 0.311. The van der Waals surface area contributed by atoms with Crippen molar-refractivity contribution in [1.29, 1.82) is 5.26 Å². The zero-order valence-corrected chi connectivity index (χ0v) is 24.1. The number of piperazine rings is 1. The highest BCUT2D eigenvalue weighted by atomic mass is 16.2. The van der Waals surface area contributed by atoms with Gasteiger partial charge < -0.3 is 9.80 Å². The summed E-state index contributed by atoms with van der Waals surface area (Å²) >= 11 is 0. The molecule has 1 atom stereocenters. The molecule has 0 spiro atoms. The van der Waals surface area contributed by atoms with Crippen molar-refractivity contribution in [3.05, 3.63) is 84.1 Å². The van der Waals surface area contributed by atoms with Crippen molar-refractivity contribution < 1.29 is 4.79 Å². The number of likely N-dealkylation sites (N-methyl/N-ethyl adjacent to an activating group) is 1. The second kappa shape index (κ2) is 11.1. The fourth-order valence-corrected chi connectivity index (χ4v) is 5.53. The van der Waals surface area contributed by atoms with Gasteiger partial charge in [0, 0.05) is 56.7 Å². The van der Waals surface area contributed by atoms with Crippen molar-refractivity contribution in [2.24, 2.45) is 7.05 Å². The van der Waals surface area contributed by atoms with Crippen molar-refractivity contribution >= 4 is 17.2 Å². The van der Waals surface area contributed by atoms with E-state index in [1.54, 1.807) is 34.0 Å². The first-order valence-corrected chi connectivity index (χ1v) is 13.8. The molecule has 1 aliphatic heterocycles. The van der Waals surface area contributed by atoms with Crippen molar-refractivity contribution in [3.8, 4) is 28.6 Å². The molecule has 0 unspecified atom stereocenters. The molecule has 1 aromatic carbocycles. The Morgan fingerprint density at radius 2 is 1.81 bits per heavy atom. The van der Waals surface area contributed by atoms with E-state index in [0.29, 0.717) is 48.6 Å². The van der Waals surface area contributed by atoms with E-state index in [2.05, 4.69) is 27.2 Å². The van der Waals surface area contributed by atoms with Gasteiger partial charge in [-0.1, -0.05) is 29.8 Å². The predicted molar refractivity (Wildman–Crippen MR) is 160 cm³/mol. The summed E-state index contributed by atoms with van der Waals surface area (Å²) in [5, 5.41) is 18.4. The first-order valence-electron chi connectivity index (χ1n) is 13.8. The van der Waals surface area contributed by atoms with Crippen LogP contribution < -0.4 is 4.90 Å². The smallest absolute Gasteiger partial charge is 0.244 e. The largest absolute Gasteiger partial charge is 0.353 e. The molecule has 1 amide bonds. The average Bonchev–Trinajstić information content (AvgIpc) is 3.63. The fraction of sp³-hybridized carbons (Fsp3) is 0.290. The number of nitrogens with zero attached hydrogens (tertiary/aromatic N) is 10. The van der Waals surface area contributed by atoms with Crippen molar-refractivity contribution in [2.75, 3.05) is 45.2 Å². The van der Waals surface area contributed by atoms with Crippen LogP contribution in [0.25, 0.3) is 28.0 Å². The number of aryl methyl sites for hydroxylation is 2. The van der Waals surface area contributed by atoms with Gasteiger partial charge in [0.1, 0.15) is 29.0 Å². The number of benzene rings is 1. The van der Waals surface area contributed by atoms with Gasteiger partial charge >= 0.3 is 0 Å². The van der Waals surface area contributed by atoms with E-state index in [1.807, 2.05) is 74.4 Å². The number of carbonyl (C=O) groups excluding carboxylic acids is 1. The Bertz CT molecular complexity index is 1790. The van der Waals surface area contributed by atoms with E-state index < -0.39 is 0 Å². The van der Waals surface area contributed by atoms with Gasteiger partial charge in [0.05, 0.1) is 30.0 Å². The van der Waals surface area contributed by atoms with Crippen molar-refractivity contribution in [2.45, 2.75) is 13.0 Å². The number of hydrogen-bond donors (Lipinski definition) is 0. The average molecular weight is 561 g/mol. The lowest BCUT2D eigenvalue weighted by Gasteiger charge is -2.38. The Hall–Kier alpha value is -5.08. The molecule has 0 aliphatic carbocycles. The van der Waals surface area contributed by atoms with Crippen LogP contribution in [0.2, 0.25) is 0 Å². The summed E-state index contributed by atoms with van der Waals surface area (Å²) < 4.78 is 3.41. The third kappa shape index (κ3) is 5.08. The summed E-state index contributed by atoms with van der Waals surface area (Å²) in [5.41, 5.74) is 6.20. The van der Waals surface area contributed by atoms with Gasteiger partial charge in [-0.25, -0.2) is 14.5 Å². The minimum absolute atomic E-state index is 0.117. The monoisotopic (exact) mass is 560 g/mol. The molecule has 5 heterocycles. The van der Waals surface area contributed by atoms with E-state index >= 15 is 0 Å². The van der Waals surface area contributed by atoms with Crippen LogP contribution in [0.15, 0.2) is 67.4 Å². The second-order valence-electron chi connectivity index (χ2n) is 10.8.